The number of carbonyl (C=O) groups is 3. The average Bonchev–Trinajstić information content (AvgIpc) is 2.90. The number of rotatable bonds is 6. The third-order valence-electron chi connectivity index (χ3n) is 9.06. The maximum absolute atomic E-state index is 14.3. The van der Waals surface area contributed by atoms with Gasteiger partial charge in [0.1, 0.15) is 22.8 Å². The molecule has 6 N–H and O–H groups in total. The number of fused-ring (bicyclic) bond motifs is 3. The summed E-state index contributed by atoms with van der Waals surface area (Å²) in [7, 11) is 6.89. The molecule has 0 aromatic heterocycles. The van der Waals surface area contributed by atoms with Crippen molar-refractivity contribution in [2.24, 2.45) is 17.1 Å². The molecule has 3 aliphatic rings. The van der Waals surface area contributed by atoms with E-state index in [1.54, 1.807) is 32.0 Å². The van der Waals surface area contributed by atoms with E-state index in [4.69, 9.17) is 5.73 Å². The molecule has 222 valence electrons. The number of aliphatic hydroxyl groups excluding tert-OH is 2. The number of anilines is 1. The van der Waals surface area contributed by atoms with E-state index in [0.29, 0.717) is 17.0 Å². The standard InChI is InChI=1S/C31H35N3O7S/c1-30-13-16-24(34(4)5)26(37)22(29(32)40)27(38)31(16,41)28(39)23(30)25(36)21-19(35)12-11-18(33(2)3)20(21)17(30)14-42-15-9-7-6-8-10-15/h6-12,16-17,24,35,37,39,41H,13-14H2,1-5H3,(H2,32,40)/t16-,17-,24-,30+,31+/m0/s1. The fourth-order valence-electron chi connectivity index (χ4n) is 7.12. The second-order valence-electron chi connectivity index (χ2n) is 11.9. The predicted octanol–water partition coefficient (Wildman–Crippen LogP) is 2.91. The highest BCUT2D eigenvalue weighted by Gasteiger charge is 2.67. The van der Waals surface area contributed by atoms with Gasteiger partial charge in [-0.1, -0.05) is 25.1 Å². The first-order valence-electron chi connectivity index (χ1n) is 13.5. The van der Waals surface area contributed by atoms with Gasteiger partial charge in [0.15, 0.2) is 11.4 Å². The van der Waals surface area contributed by atoms with Crippen LogP contribution in [0.4, 0.5) is 5.69 Å². The van der Waals surface area contributed by atoms with Gasteiger partial charge in [-0.15, -0.1) is 11.8 Å². The molecule has 42 heavy (non-hydrogen) atoms. The van der Waals surface area contributed by atoms with E-state index in [1.165, 1.54) is 17.8 Å². The second-order valence-corrected chi connectivity index (χ2v) is 13.0. The van der Waals surface area contributed by atoms with Crippen LogP contribution in [0.2, 0.25) is 0 Å². The molecule has 0 heterocycles. The highest BCUT2D eigenvalue weighted by atomic mass is 32.2. The minimum Gasteiger partial charge on any atom is -0.510 e. The van der Waals surface area contributed by atoms with Crippen LogP contribution in [0, 0.1) is 11.3 Å². The number of ketones is 2. The van der Waals surface area contributed by atoms with Crippen molar-refractivity contribution < 1.29 is 34.8 Å². The number of nitrogens with two attached hydrogens (primary N) is 1. The molecule has 0 unspecified atom stereocenters. The molecule has 5 rings (SSSR count). The number of phenols is 1. The molecule has 10 nitrogen and oxygen atoms in total. The normalized spacial score (nSPS) is 28.9. The van der Waals surface area contributed by atoms with E-state index in [0.717, 1.165) is 4.90 Å². The number of thioether (sulfide) groups is 1. The Bertz CT molecular complexity index is 1570. The minimum absolute atomic E-state index is 0.0122. The number of hydrogen-bond donors (Lipinski definition) is 5. The number of phenolic OH excluding ortho intramolecular Hbond substituents is 1. The van der Waals surface area contributed by atoms with Gasteiger partial charge >= 0.3 is 0 Å². The van der Waals surface area contributed by atoms with Crippen molar-refractivity contribution in [2.75, 3.05) is 38.8 Å². The van der Waals surface area contributed by atoms with Crippen LogP contribution in [0.5, 0.6) is 5.75 Å². The molecule has 1 amide bonds. The van der Waals surface area contributed by atoms with Crippen molar-refractivity contribution in [1.29, 1.82) is 0 Å². The summed E-state index contributed by atoms with van der Waals surface area (Å²) in [5.41, 5.74) is 1.86. The summed E-state index contributed by atoms with van der Waals surface area (Å²) in [6, 6.07) is 11.7. The van der Waals surface area contributed by atoms with E-state index >= 15 is 0 Å². The summed E-state index contributed by atoms with van der Waals surface area (Å²) >= 11 is 1.54. The molecule has 0 saturated heterocycles. The number of aromatic hydroxyl groups is 1. The molecule has 0 saturated carbocycles. The van der Waals surface area contributed by atoms with Crippen LogP contribution in [0.3, 0.4) is 0 Å². The first-order chi connectivity index (χ1) is 19.7. The van der Waals surface area contributed by atoms with Crippen LogP contribution in [0.15, 0.2) is 70.0 Å². The van der Waals surface area contributed by atoms with Gasteiger partial charge in [-0.05, 0) is 50.3 Å². The molecule has 0 radical (unpaired) electrons. The molecule has 2 aromatic carbocycles. The average molecular weight is 594 g/mol. The topological polar surface area (TPSA) is 165 Å². The highest BCUT2D eigenvalue weighted by molar-refractivity contribution is 7.99. The van der Waals surface area contributed by atoms with Crippen LogP contribution in [0.1, 0.15) is 35.2 Å². The minimum atomic E-state index is -2.71. The molecule has 11 heteroatoms. The van der Waals surface area contributed by atoms with Crippen molar-refractivity contribution in [2.45, 2.75) is 35.8 Å². The number of likely N-dealkylation sites (N-methyl/N-ethyl adjacent to an activating group) is 1. The van der Waals surface area contributed by atoms with Crippen LogP contribution < -0.4 is 10.6 Å². The largest absolute Gasteiger partial charge is 0.510 e. The number of carbonyl (C=O) groups excluding carboxylic acids is 3. The lowest BCUT2D eigenvalue weighted by Gasteiger charge is -2.56. The first kappa shape index (κ1) is 29.7. The van der Waals surface area contributed by atoms with E-state index in [2.05, 4.69) is 0 Å². The fraction of sp³-hybridized carbons (Fsp3) is 0.387. The van der Waals surface area contributed by atoms with Gasteiger partial charge in [0.25, 0.3) is 5.91 Å². The lowest BCUT2D eigenvalue weighted by Crippen LogP contribution is -2.65. The van der Waals surface area contributed by atoms with Crippen molar-refractivity contribution >= 4 is 34.9 Å². The van der Waals surface area contributed by atoms with Gasteiger partial charge in [0, 0.05) is 53.3 Å². The Morgan fingerprint density at radius 1 is 1.05 bits per heavy atom. The molecule has 3 aliphatic carbocycles. The Labute approximate surface area is 248 Å². The Morgan fingerprint density at radius 2 is 1.69 bits per heavy atom. The monoisotopic (exact) mass is 593 g/mol. The molecular formula is C31H35N3O7S. The SMILES string of the molecule is CN(C)c1ccc(O)c2c1[C@H](CSc1ccccc1)[C@@]1(C)C[C@H]3[C@H](N(C)C)C(O)=C(C(N)=O)C(=O)[C@@]3(O)C(O)=C1C2=O. The van der Waals surface area contributed by atoms with Gasteiger partial charge in [-0.25, -0.2) is 0 Å². The van der Waals surface area contributed by atoms with E-state index in [1.807, 2.05) is 49.3 Å². The molecule has 0 bridgehead atoms. The zero-order valence-electron chi connectivity index (χ0n) is 24.1. The van der Waals surface area contributed by atoms with Crippen LogP contribution in [-0.4, -0.2) is 88.4 Å². The molecule has 5 atom stereocenters. The molecule has 0 fully saturated rings. The number of hydrogen-bond acceptors (Lipinski definition) is 10. The summed E-state index contributed by atoms with van der Waals surface area (Å²) < 4.78 is 0. The van der Waals surface area contributed by atoms with Crippen molar-refractivity contribution in [3.05, 3.63) is 76.3 Å². The number of allylic oxidation sites excluding steroid dienone is 1. The zero-order valence-corrected chi connectivity index (χ0v) is 24.9. The quantitative estimate of drug-likeness (QED) is 0.248. The van der Waals surface area contributed by atoms with E-state index in [-0.39, 0.29) is 23.3 Å². The molecule has 0 spiro atoms. The summed E-state index contributed by atoms with van der Waals surface area (Å²) in [5, 5.41) is 46.1. The predicted molar refractivity (Wildman–Crippen MR) is 159 cm³/mol. The smallest absolute Gasteiger partial charge is 0.255 e. The summed E-state index contributed by atoms with van der Waals surface area (Å²) in [6.07, 6.45) is -0.0126. The molecular weight excluding hydrogens is 558 g/mol. The summed E-state index contributed by atoms with van der Waals surface area (Å²) in [5.74, 6) is -6.21. The highest BCUT2D eigenvalue weighted by Crippen LogP contribution is 2.63. The van der Waals surface area contributed by atoms with Crippen molar-refractivity contribution in [3.63, 3.8) is 0 Å². The Morgan fingerprint density at radius 3 is 2.26 bits per heavy atom. The number of benzene rings is 2. The van der Waals surface area contributed by atoms with Gasteiger partial charge in [-0.3, -0.25) is 19.3 Å². The Hall–Kier alpha value is -3.80. The first-order valence-corrected chi connectivity index (χ1v) is 14.5. The van der Waals surface area contributed by atoms with Gasteiger partial charge in [0.05, 0.1) is 11.6 Å². The maximum Gasteiger partial charge on any atom is 0.255 e. The number of nitrogens with zero attached hydrogens (tertiary/aromatic N) is 2. The van der Waals surface area contributed by atoms with Gasteiger partial charge in [-0.2, -0.15) is 0 Å². The number of amides is 1. The number of aliphatic hydroxyl groups is 3. The van der Waals surface area contributed by atoms with Crippen molar-refractivity contribution in [3.8, 4) is 5.75 Å². The van der Waals surface area contributed by atoms with Crippen LogP contribution in [0.25, 0.3) is 0 Å². The molecule has 0 aliphatic heterocycles. The van der Waals surface area contributed by atoms with E-state index < -0.39 is 63.5 Å². The van der Waals surface area contributed by atoms with E-state index in [9.17, 15) is 34.8 Å². The second kappa shape index (κ2) is 10.2. The van der Waals surface area contributed by atoms with Crippen LogP contribution in [-0.2, 0) is 9.59 Å². The lowest BCUT2D eigenvalue weighted by molar-refractivity contribution is -0.150. The van der Waals surface area contributed by atoms with Gasteiger partial charge in [0.2, 0.25) is 5.78 Å². The molecule has 2 aromatic rings. The third-order valence-corrected chi connectivity index (χ3v) is 10.2. The Kier molecular flexibility index (Phi) is 7.19. The summed E-state index contributed by atoms with van der Waals surface area (Å²) in [6.45, 7) is 1.81. The summed E-state index contributed by atoms with van der Waals surface area (Å²) in [4.78, 5) is 44.7. The fourth-order valence-corrected chi connectivity index (χ4v) is 8.36. The number of primary amides is 1. The number of Topliss-reactive ketones (excluding diaryl/α,β-unsaturated/α-hetero) is 2. The van der Waals surface area contributed by atoms with Gasteiger partial charge < -0.3 is 31.1 Å². The van der Waals surface area contributed by atoms with Crippen molar-refractivity contribution in [1.82, 2.24) is 4.90 Å². The van der Waals surface area contributed by atoms with Crippen LogP contribution >= 0.6 is 11.8 Å². The lowest BCUT2D eigenvalue weighted by atomic mass is 9.50. The maximum atomic E-state index is 14.3. The third kappa shape index (κ3) is 4.05. The Balaban J connectivity index is 1.81. The zero-order chi connectivity index (χ0) is 30.9.